The van der Waals surface area contributed by atoms with Gasteiger partial charge in [-0.3, -0.25) is 4.79 Å². The quantitative estimate of drug-likeness (QED) is 0.408. The fourth-order valence-corrected chi connectivity index (χ4v) is 4.73. The Hall–Kier alpha value is -1.29. The Balaban J connectivity index is 1.75. The maximum absolute atomic E-state index is 12.7. The third-order valence-electron chi connectivity index (χ3n) is 7.03. The second kappa shape index (κ2) is 8.45. The molecule has 2 aliphatic carbocycles. The van der Waals surface area contributed by atoms with E-state index >= 15 is 0 Å². The van der Waals surface area contributed by atoms with E-state index in [9.17, 15) is 30.3 Å². The number of allylic oxidation sites excluding steroid dienone is 2. The fourth-order valence-electron chi connectivity index (χ4n) is 4.73. The van der Waals surface area contributed by atoms with Crippen molar-refractivity contribution >= 4 is 5.78 Å². The van der Waals surface area contributed by atoms with Crippen molar-refractivity contribution in [3.05, 3.63) is 23.5 Å². The Morgan fingerprint density at radius 3 is 2.59 bits per heavy atom. The van der Waals surface area contributed by atoms with Gasteiger partial charge in [-0.25, -0.2) is 0 Å². The molecular weight excluding hydrogens is 380 g/mol. The van der Waals surface area contributed by atoms with Crippen LogP contribution in [0, 0.1) is 17.3 Å². The number of ether oxygens (including phenoxy) is 2. The monoisotopic (exact) mass is 412 g/mol. The summed E-state index contributed by atoms with van der Waals surface area (Å²) in [5.41, 5.74) is 1.16. The van der Waals surface area contributed by atoms with E-state index in [0.717, 1.165) is 12.0 Å². The van der Waals surface area contributed by atoms with E-state index in [4.69, 9.17) is 9.47 Å². The van der Waals surface area contributed by atoms with Crippen molar-refractivity contribution < 1.29 is 39.8 Å². The second-order valence-corrected chi connectivity index (χ2v) is 8.87. The minimum absolute atomic E-state index is 0.100. The highest BCUT2D eigenvalue weighted by molar-refractivity contribution is 5.95. The van der Waals surface area contributed by atoms with Crippen LogP contribution in [0.25, 0.3) is 0 Å². The van der Waals surface area contributed by atoms with Gasteiger partial charge in [-0.2, -0.15) is 0 Å². The summed E-state index contributed by atoms with van der Waals surface area (Å²) in [6.07, 6.45) is -2.40. The summed E-state index contributed by atoms with van der Waals surface area (Å²) < 4.78 is 10.8. The van der Waals surface area contributed by atoms with Gasteiger partial charge in [0.05, 0.1) is 19.0 Å². The van der Waals surface area contributed by atoms with Gasteiger partial charge < -0.3 is 35.0 Å². The molecule has 164 valence electrons. The summed E-state index contributed by atoms with van der Waals surface area (Å²) in [4.78, 5) is 12.7. The van der Waals surface area contributed by atoms with E-state index in [1.54, 1.807) is 13.0 Å². The van der Waals surface area contributed by atoms with Crippen LogP contribution in [0.15, 0.2) is 23.5 Å². The lowest BCUT2D eigenvalue weighted by Crippen LogP contribution is -2.58. The topological polar surface area (TPSA) is 137 Å². The van der Waals surface area contributed by atoms with Crippen LogP contribution in [0.5, 0.6) is 0 Å². The maximum atomic E-state index is 12.7. The zero-order valence-electron chi connectivity index (χ0n) is 17.1. The van der Waals surface area contributed by atoms with Crippen molar-refractivity contribution in [2.75, 3.05) is 6.61 Å². The third-order valence-corrected chi connectivity index (χ3v) is 7.03. The van der Waals surface area contributed by atoms with E-state index in [-0.39, 0.29) is 11.2 Å². The normalized spacial score (nSPS) is 46.1. The van der Waals surface area contributed by atoms with Crippen LogP contribution < -0.4 is 0 Å². The minimum Gasteiger partial charge on any atom is -0.470 e. The minimum atomic E-state index is -1.52. The predicted molar refractivity (Wildman–Crippen MR) is 102 cm³/mol. The Labute approximate surface area is 170 Å². The zero-order chi connectivity index (χ0) is 21.5. The number of rotatable bonds is 4. The summed E-state index contributed by atoms with van der Waals surface area (Å²) in [5, 5.41) is 49.4. The molecule has 0 bridgehead atoms. The molecule has 8 heteroatoms. The molecule has 0 aromatic heterocycles. The van der Waals surface area contributed by atoms with E-state index in [1.165, 1.54) is 6.26 Å². The SMILES string of the molecule is C/C(=C\O[C@@H]1O[C@H](CO)[C@@H](O)[C@H](O)[C@H]1O)[C@@H]1C[C@@]2(C)C(=CC1=O)[C@H](O)CC[C@@H]2C. The predicted octanol–water partition coefficient (Wildman–Crippen LogP) is 0.0192. The van der Waals surface area contributed by atoms with Gasteiger partial charge >= 0.3 is 0 Å². The Morgan fingerprint density at radius 1 is 1.24 bits per heavy atom. The first kappa shape index (κ1) is 22.4. The first-order chi connectivity index (χ1) is 13.6. The van der Waals surface area contributed by atoms with Crippen molar-refractivity contribution in [1.29, 1.82) is 0 Å². The van der Waals surface area contributed by atoms with Gasteiger partial charge in [0.25, 0.3) is 0 Å². The van der Waals surface area contributed by atoms with E-state index in [2.05, 4.69) is 13.8 Å². The Morgan fingerprint density at radius 2 is 1.93 bits per heavy atom. The molecule has 5 N–H and O–H groups in total. The lowest BCUT2D eigenvalue weighted by molar-refractivity contribution is -0.288. The van der Waals surface area contributed by atoms with Crippen molar-refractivity contribution in [1.82, 2.24) is 0 Å². The molecule has 3 aliphatic rings. The van der Waals surface area contributed by atoms with Gasteiger partial charge in [0.2, 0.25) is 6.29 Å². The maximum Gasteiger partial charge on any atom is 0.228 e. The van der Waals surface area contributed by atoms with Gasteiger partial charge in [0.15, 0.2) is 5.78 Å². The van der Waals surface area contributed by atoms with Gasteiger partial charge in [-0.1, -0.05) is 13.8 Å². The number of carbonyl (C=O) groups excluding carboxylic acids is 1. The largest absolute Gasteiger partial charge is 0.470 e. The molecule has 1 saturated carbocycles. The number of aliphatic hydroxyl groups excluding tert-OH is 5. The molecule has 0 aromatic carbocycles. The van der Waals surface area contributed by atoms with Crippen molar-refractivity contribution in [3.8, 4) is 0 Å². The molecule has 8 nitrogen and oxygen atoms in total. The first-order valence-corrected chi connectivity index (χ1v) is 10.2. The number of ketones is 1. The molecule has 0 unspecified atom stereocenters. The molecule has 29 heavy (non-hydrogen) atoms. The highest BCUT2D eigenvalue weighted by atomic mass is 16.7. The van der Waals surface area contributed by atoms with E-state index in [1.807, 2.05) is 0 Å². The summed E-state index contributed by atoms with van der Waals surface area (Å²) in [7, 11) is 0. The molecule has 0 aromatic rings. The first-order valence-electron chi connectivity index (χ1n) is 10.2. The molecule has 1 aliphatic heterocycles. The van der Waals surface area contributed by atoms with Crippen molar-refractivity contribution in [2.24, 2.45) is 17.3 Å². The number of hydrogen-bond donors (Lipinski definition) is 5. The van der Waals surface area contributed by atoms with Crippen LogP contribution in [0.1, 0.15) is 40.0 Å². The fraction of sp³-hybridized carbons (Fsp3) is 0.762. The van der Waals surface area contributed by atoms with Crippen LogP contribution in [-0.4, -0.2) is 74.7 Å². The smallest absolute Gasteiger partial charge is 0.228 e. The van der Waals surface area contributed by atoms with Crippen LogP contribution in [0.4, 0.5) is 0 Å². The Bertz CT molecular complexity index is 686. The van der Waals surface area contributed by atoms with Gasteiger partial charge in [0.1, 0.15) is 24.4 Å². The average molecular weight is 412 g/mol. The van der Waals surface area contributed by atoms with Crippen LogP contribution in [0.3, 0.4) is 0 Å². The molecule has 0 radical (unpaired) electrons. The molecule has 0 amide bonds. The highest BCUT2D eigenvalue weighted by Gasteiger charge is 2.48. The number of hydrogen-bond acceptors (Lipinski definition) is 8. The Kier molecular flexibility index (Phi) is 6.53. The van der Waals surface area contributed by atoms with E-state index in [0.29, 0.717) is 24.3 Å². The lowest BCUT2D eigenvalue weighted by atomic mass is 9.57. The van der Waals surface area contributed by atoms with Crippen LogP contribution in [-0.2, 0) is 14.3 Å². The summed E-state index contributed by atoms with van der Waals surface area (Å²) in [5.74, 6) is -0.204. The van der Waals surface area contributed by atoms with Crippen molar-refractivity contribution in [2.45, 2.75) is 76.8 Å². The summed E-state index contributed by atoms with van der Waals surface area (Å²) >= 11 is 0. The molecule has 9 atom stereocenters. The second-order valence-electron chi connectivity index (χ2n) is 8.87. The highest BCUT2D eigenvalue weighted by Crippen LogP contribution is 2.52. The number of aliphatic hydroxyl groups is 5. The summed E-state index contributed by atoms with van der Waals surface area (Å²) in [6.45, 7) is 5.42. The molecule has 1 saturated heterocycles. The summed E-state index contributed by atoms with van der Waals surface area (Å²) in [6, 6.07) is 0. The number of carbonyl (C=O) groups is 1. The molecule has 0 spiro atoms. The number of fused-ring (bicyclic) bond motifs is 1. The molecule has 2 fully saturated rings. The van der Waals surface area contributed by atoms with Gasteiger partial charge in [-0.15, -0.1) is 0 Å². The molecule has 3 rings (SSSR count). The van der Waals surface area contributed by atoms with Crippen molar-refractivity contribution in [3.63, 3.8) is 0 Å². The average Bonchev–Trinajstić information content (AvgIpc) is 2.69. The van der Waals surface area contributed by atoms with Crippen LogP contribution >= 0.6 is 0 Å². The molecule has 1 heterocycles. The zero-order valence-corrected chi connectivity index (χ0v) is 17.1. The van der Waals surface area contributed by atoms with Gasteiger partial charge in [-0.05, 0) is 54.7 Å². The van der Waals surface area contributed by atoms with Crippen LogP contribution in [0.2, 0.25) is 0 Å². The van der Waals surface area contributed by atoms with Gasteiger partial charge in [0, 0.05) is 5.92 Å². The molecular formula is C21H32O8. The lowest BCUT2D eigenvalue weighted by Gasteiger charge is -2.48. The third kappa shape index (κ3) is 4.02. The van der Waals surface area contributed by atoms with E-state index < -0.39 is 49.3 Å². The standard InChI is InChI=1S/C21H32O8/c1-10(9-28-20-19(27)18(26)17(25)16(8-22)29-20)12-7-21(3)11(2)4-5-14(23)13(21)6-15(12)24/h6,9,11-12,14,16-20,22-23,25-27H,4-5,7-8H2,1-3H3/b10-9+/t11-,12-,14+,16+,17+,18-,19+,20+,21+/m0/s1.